The highest BCUT2D eigenvalue weighted by molar-refractivity contribution is 7.93. The second-order valence-corrected chi connectivity index (χ2v) is 9.03. The van der Waals surface area contributed by atoms with E-state index in [1.54, 1.807) is 53.6 Å². The Morgan fingerprint density at radius 2 is 1.81 bits per heavy atom. The third kappa shape index (κ3) is 3.53. The number of benzene rings is 3. The fraction of sp³-hybridized carbons (Fsp3) is 0.0833. The van der Waals surface area contributed by atoms with E-state index >= 15 is 0 Å². The number of nitrogens with zero attached hydrogens (tertiary/aromatic N) is 2. The Hall–Kier alpha value is -3.71. The first-order valence-corrected chi connectivity index (χ1v) is 11.4. The van der Waals surface area contributed by atoms with Gasteiger partial charge in [-0.2, -0.15) is 0 Å². The molecule has 0 saturated carbocycles. The molecule has 2 heterocycles. The molecule has 5 rings (SSSR count). The van der Waals surface area contributed by atoms with Gasteiger partial charge in [-0.15, -0.1) is 0 Å². The number of fused-ring (bicyclic) bond motifs is 2. The molecule has 1 aliphatic heterocycles. The fourth-order valence-electron chi connectivity index (χ4n) is 3.94. The number of amides is 1. The van der Waals surface area contributed by atoms with Crippen LogP contribution < -0.4 is 9.62 Å². The lowest BCUT2D eigenvalue weighted by Crippen LogP contribution is -2.29. The van der Waals surface area contributed by atoms with Gasteiger partial charge in [0, 0.05) is 30.0 Å². The summed E-state index contributed by atoms with van der Waals surface area (Å²) in [7, 11) is -3.81. The molecule has 4 aromatic rings. The number of aromatic nitrogens is 1. The minimum Gasteiger partial charge on any atom is -0.308 e. The van der Waals surface area contributed by atoms with Crippen LogP contribution >= 0.6 is 0 Å². The summed E-state index contributed by atoms with van der Waals surface area (Å²) in [6.45, 7) is 0.544. The first-order valence-electron chi connectivity index (χ1n) is 9.88. The maximum Gasteiger partial charge on any atom is 0.262 e. The van der Waals surface area contributed by atoms with Gasteiger partial charge in [-0.25, -0.2) is 8.42 Å². The summed E-state index contributed by atoms with van der Waals surface area (Å²) in [4.78, 5) is 18.8. The van der Waals surface area contributed by atoms with E-state index in [1.165, 1.54) is 6.20 Å². The first kappa shape index (κ1) is 19.3. The molecule has 0 aliphatic carbocycles. The summed E-state index contributed by atoms with van der Waals surface area (Å²) in [5.41, 5.74) is 2.63. The van der Waals surface area contributed by atoms with Crippen molar-refractivity contribution >= 4 is 38.1 Å². The predicted molar refractivity (Wildman–Crippen MR) is 121 cm³/mol. The van der Waals surface area contributed by atoms with Gasteiger partial charge in [0.1, 0.15) is 0 Å². The van der Waals surface area contributed by atoms with Crippen LogP contribution in [0.5, 0.6) is 0 Å². The normalized spacial score (nSPS) is 13.2. The highest BCUT2D eigenvalue weighted by Gasteiger charge is 2.27. The number of nitrogens with one attached hydrogen (secondary N) is 1. The summed E-state index contributed by atoms with van der Waals surface area (Å²) < 4.78 is 29.0. The Morgan fingerprint density at radius 3 is 2.65 bits per heavy atom. The number of carbonyl (C=O) groups is 1. The number of hydrogen-bond donors (Lipinski definition) is 1. The maximum absolute atomic E-state index is 13.2. The molecule has 31 heavy (non-hydrogen) atoms. The summed E-state index contributed by atoms with van der Waals surface area (Å²) in [5, 5.41) is 1.51. The van der Waals surface area contributed by atoms with Gasteiger partial charge < -0.3 is 4.90 Å². The zero-order chi connectivity index (χ0) is 21.4. The number of anilines is 2. The molecule has 1 N–H and O–H groups in total. The highest BCUT2D eigenvalue weighted by Crippen LogP contribution is 2.33. The van der Waals surface area contributed by atoms with Crippen LogP contribution in [0.4, 0.5) is 11.4 Å². The van der Waals surface area contributed by atoms with Gasteiger partial charge in [-0.1, -0.05) is 42.5 Å². The molecule has 0 bridgehead atoms. The number of rotatable bonds is 4. The molecule has 1 aromatic heterocycles. The summed E-state index contributed by atoms with van der Waals surface area (Å²) in [5.74, 6) is -0.152. The van der Waals surface area contributed by atoms with Crippen LogP contribution in [0.25, 0.3) is 10.8 Å². The van der Waals surface area contributed by atoms with Crippen LogP contribution in [0, 0.1) is 0 Å². The van der Waals surface area contributed by atoms with Gasteiger partial charge in [0.25, 0.3) is 15.9 Å². The molecular weight excluding hydrogens is 410 g/mol. The van der Waals surface area contributed by atoms with Gasteiger partial charge in [0.05, 0.1) is 16.1 Å². The number of hydrogen-bond acceptors (Lipinski definition) is 4. The number of sulfonamides is 1. The van der Waals surface area contributed by atoms with Crippen molar-refractivity contribution < 1.29 is 13.2 Å². The lowest BCUT2D eigenvalue weighted by Gasteiger charge is -2.18. The van der Waals surface area contributed by atoms with Crippen LogP contribution in [0.15, 0.2) is 90.1 Å². The Morgan fingerprint density at radius 1 is 0.968 bits per heavy atom. The van der Waals surface area contributed by atoms with Crippen molar-refractivity contribution in [1.82, 2.24) is 4.98 Å². The van der Waals surface area contributed by atoms with Crippen molar-refractivity contribution in [2.75, 3.05) is 16.2 Å². The molecule has 6 nitrogen and oxygen atoms in total. The van der Waals surface area contributed by atoms with E-state index in [9.17, 15) is 13.2 Å². The molecule has 0 spiro atoms. The average Bonchev–Trinajstić information content (AvgIpc) is 3.21. The largest absolute Gasteiger partial charge is 0.308 e. The summed E-state index contributed by atoms with van der Waals surface area (Å²) >= 11 is 0. The monoisotopic (exact) mass is 429 g/mol. The van der Waals surface area contributed by atoms with Crippen molar-refractivity contribution in [2.45, 2.75) is 11.3 Å². The van der Waals surface area contributed by atoms with Gasteiger partial charge in [-0.05, 0) is 47.7 Å². The molecular formula is C24H19N3O3S. The van der Waals surface area contributed by atoms with E-state index in [0.29, 0.717) is 28.9 Å². The van der Waals surface area contributed by atoms with Gasteiger partial charge in [0.2, 0.25) is 0 Å². The SMILES string of the molecule is O=C(c1cccnc1)N1CCc2ccc(NS(=O)(=O)c3cccc4ccccc34)cc21. The van der Waals surface area contributed by atoms with Crippen molar-refractivity contribution in [3.63, 3.8) is 0 Å². The first-order chi connectivity index (χ1) is 15.0. The van der Waals surface area contributed by atoms with E-state index in [-0.39, 0.29) is 10.8 Å². The molecule has 7 heteroatoms. The predicted octanol–water partition coefficient (Wildman–Crippen LogP) is 4.24. The van der Waals surface area contributed by atoms with Crippen LogP contribution in [-0.4, -0.2) is 25.9 Å². The third-order valence-electron chi connectivity index (χ3n) is 5.43. The van der Waals surface area contributed by atoms with Gasteiger partial charge >= 0.3 is 0 Å². The Bertz CT molecular complexity index is 1400. The van der Waals surface area contributed by atoms with E-state index in [1.807, 2.05) is 30.3 Å². The van der Waals surface area contributed by atoms with E-state index in [2.05, 4.69) is 9.71 Å². The third-order valence-corrected chi connectivity index (χ3v) is 6.87. The van der Waals surface area contributed by atoms with Gasteiger partial charge in [-0.3, -0.25) is 14.5 Å². The molecule has 154 valence electrons. The Kier molecular flexibility index (Phi) is 4.67. The van der Waals surface area contributed by atoms with E-state index in [4.69, 9.17) is 0 Å². The molecule has 0 unspecified atom stereocenters. The van der Waals surface area contributed by atoms with E-state index in [0.717, 1.165) is 17.4 Å². The molecule has 0 atom stereocenters. The second-order valence-electron chi connectivity index (χ2n) is 7.37. The van der Waals surface area contributed by atoms with Gasteiger partial charge in [0.15, 0.2) is 0 Å². The maximum atomic E-state index is 13.2. The van der Waals surface area contributed by atoms with Crippen LogP contribution in [0.3, 0.4) is 0 Å². The molecule has 1 aliphatic rings. The molecule has 1 amide bonds. The average molecular weight is 430 g/mol. The van der Waals surface area contributed by atoms with Crippen LogP contribution in [-0.2, 0) is 16.4 Å². The van der Waals surface area contributed by atoms with Crippen LogP contribution in [0.1, 0.15) is 15.9 Å². The highest BCUT2D eigenvalue weighted by atomic mass is 32.2. The van der Waals surface area contributed by atoms with Crippen LogP contribution in [0.2, 0.25) is 0 Å². The van der Waals surface area contributed by atoms with Crippen molar-refractivity contribution in [3.8, 4) is 0 Å². The quantitative estimate of drug-likeness (QED) is 0.526. The zero-order valence-electron chi connectivity index (χ0n) is 16.5. The van der Waals surface area contributed by atoms with Crippen molar-refractivity contribution in [3.05, 3.63) is 96.3 Å². The molecule has 0 saturated heterocycles. The Balaban J connectivity index is 1.48. The number of pyridine rings is 1. The lowest BCUT2D eigenvalue weighted by atomic mass is 10.1. The lowest BCUT2D eigenvalue weighted by molar-refractivity contribution is 0.0989. The summed E-state index contributed by atoms with van der Waals surface area (Å²) in [6, 6.07) is 21.3. The minimum absolute atomic E-state index is 0.152. The molecule has 3 aromatic carbocycles. The molecule has 0 fully saturated rings. The van der Waals surface area contributed by atoms with Crippen molar-refractivity contribution in [1.29, 1.82) is 0 Å². The molecule has 0 radical (unpaired) electrons. The smallest absolute Gasteiger partial charge is 0.262 e. The number of carbonyl (C=O) groups excluding carboxylic acids is 1. The topological polar surface area (TPSA) is 79.4 Å². The zero-order valence-corrected chi connectivity index (χ0v) is 17.3. The summed E-state index contributed by atoms with van der Waals surface area (Å²) in [6.07, 6.45) is 3.87. The van der Waals surface area contributed by atoms with E-state index < -0.39 is 10.0 Å². The second kappa shape index (κ2) is 7.52. The fourth-order valence-corrected chi connectivity index (χ4v) is 5.22. The standard InChI is InChI=1S/C24H19N3O3S/c28-24(19-7-4-13-25-16-19)27-14-12-18-10-11-20(15-22(18)27)26-31(29,30)23-9-3-6-17-5-1-2-8-21(17)23/h1-11,13,15-16,26H,12,14H2. The van der Waals surface area contributed by atoms with Crippen molar-refractivity contribution in [2.24, 2.45) is 0 Å². The Labute approximate surface area is 180 Å². The minimum atomic E-state index is -3.81.